The molecule has 0 saturated heterocycles. The topological polar surface area (TPSA) is 46.9 Å². The zero-order valence-electron chi connectivity index (χ0n) is 12.7. The first-order chi connectivity index (χ1) is 11.6. The van der Waals surface area contributed by atoms with Crippen LogP contribution in [0.25, 0.3) is 0 Å². The van der Waals surface area contributed by atoms with Gasteiger partial charge in [0.1, 0.15) is 11.6 Å². The summed E-state index contributed by atoms with van der Waals surface area (Å²) >= 11 is 5.98. The monoisotopic (exact) mass is 343 g/mol. The molecule has 0 bridgehead atoms. The van der Waals surface area contributed by atoms with Gasteiger partial charge in [0.2, 0.25) is 5.91 Å². The van der Waals surface area contributed by atoms with Crippen molar-refractivity contribution in [3.8, 4) is 0 Å². The Balaban J connectivity index is 1.69. The Morgan fingerprint density at radius 2 is 2.00 bits per heavy atom. The minimum atomic E-state index is -0.389. The maximum Gasteiger partial charge on any atom is 0.230 e. The maximum absolute atomic E-state index is 13.6. The smallest absolute Gasteiger partial charge is 0.230 e. The second-order valence-electron chi connectivity index (χ2n) is 5.32. The van der Waals surface area contributed by atoms with Crippen molar-refractivity contribution in [2.24, 2.45) is 0 Å². The Kier molecular flexibility index (Phi) is 4.91. The number of nitrogens with one attached hydrogen (secondary N) is 1. The van der Waals surface area contributed by atoms with Gasteiger partial charge in [-0.1, -0.05) is 41.9 Å². The van der Waals surface area contributed by atoms with Gasteiger partial charge >= 0.3 is 0 Å². The molecule has 1 amide bonds. The molecule has 0 aliphatic rings. The number of hydrogen-bond acceptors (Lipinski definition) is 2. The molecule has 1 heterocycles. The lowest BCUT2D eigenvalue weighted by molar-refractivity contribution is -0.115. The molecule has 0 aliphatic heterocycles. The number of benzene rings is 2. The molecule has 1 aromatic heterocycles. The predicted octanol–water partition coefficient (Wildman–Crippen LogP) is 3.91. The summed E-state index contributed by atoms with van der Waals surface area (Å²) in [5.41, 5.74) is 1.33. The SMILES string of the molecule is O=C(Cc1ccccc1F)Nc1ccnn1Cc1cccc(Cl)c1. The third kappa shape index (κ3) is 4.00. The largest absolute Gasteiger partial charge is 0.311 e. The zero-order valence-corrected chi connectivity index (χ0v) is 13.5. The molecule has 4 nitrogen and oxygen atoms in total. The molecule has 3 rings (SSSR count). The number of aromatic nitrogens is 2. The molecule has 0 aliphatic carbocycles. The quantitative estimate of drug-likeness (QED) is 0.763. The van der Waals surface area contributed by atoms with Gasteiger partial charge in [0.05, 0.1) is 19.2 Å². The van der Waals surface area contributed by atoms with E-state index in [2.05, 4.69) is 10.4 Å². The molecule has 3 aromatic rings. The standard InChI is InChI=1S/C18H15ClFN3O/c19-15-6-3-4-13(10-15)12-23-17(8-9-21-23)22-18(24)11-14-5-1-2-7-16(14)20/h1-10H,11-12H2,(H,22,24). The molecule has 2 aromatic carbocycles. The normalized spacial score (nSPS) is 10.6. The second-order valence-corrected chi connectivity index (χ2v) is 5.76. The van der Waals surface area contributed by atoms with Gasteiger partial charge in [-0.05, 0) is 29.3 Å². The van der Waals surface area contributed by atoms with Crippen LogP contribution in [0.1, 0.15) is 11.1 Å². The lowest BCUT2D eigenvalue weighted by atomic mass is 10.1. The van der Waals surface area contributed by atoms with Crippen molar-refractivity contribution in [1.82, 2.24) is 9.78 Å². The van der Waals surface area contributed by atoms with Crippen LogP contribution in [0.2, 0.25) is 5.02 Å². The van der Waals surface area contributed by atoms with E-state index in [1.54, 1.807) is 41.2 Å². The highest BCUT2D eigenvalue weighted by atomic mass is 35.5. The summed E-state index contributed by atoms with van der Waals surface area (Å²) in [6.07, 6.45) is 1.57. The molecule has 0 saturated carbocycles. The molecule has 1 N–H and O–H groups in total. The molecule has 0 unspecified atom stereocenters. The zero-order chi connectivity index (χ0) is 16.9. The number of rotatable bonds is 5. The average Bonchev–Trinajstić information content (AvgIpc) is 2.96. The minimum Gasteiger partial charge on any atom is -0.311 e. The Bertz CT molecular complexity index is 863. The molecule has 122 valence electrons. The number of nitrogens with zero attached hydrogens (tertiary/aromatic N) is 2. The summed E-state index contributed by atoms with van der Waals surface area (Å²) in [5.74, 6) is -0.135. The Morgan fingerprint density at radius 3 is 2.79 bits per heavy atom. The number of amides is 1. The van der Waals surface area contributed by atoms with Gasteiger partial charge in [0, 0.05) is 11.1 Å². The van der Waals surface area contributed by atoms with Crippen LogP contribution in [0.15, 0.2) is 60.8 Å². The van der Waals surface area contributed by atoms with Gasteiger partial charge in [-0.2, -0.15) is 5.10 Å². The molecule has 0 radical (unpaired) electrons. The van der Waals surface area contributed by atoms with Crippen LogP contribution in [-0.2, 0) is 17.8 Å². The number of halogens is 2. The van der Waals surface area contributed by atoms with Gasteiger partial charge in [0.25, 0.3) is 0 Å². The van der Waals surface area contributed by atoms with Gasteiger partial charge in [0.15, 0.2) is 0 Å². The van der Waals surface area contributed by atoms with E-state index in [1.165, 1.54) is 6.07 Å². The lowest BCUT2D eigenvalue weighted by Crippen LogP contribution is -2.18. The Labute approximate surface area is 143 Å². The van der Waals surface area contributed by atoms with Crippen LogP contribution in [-0.4, -0.2) is 15.7 Å². The van der Waals surface area contributed by atoms with E-state index in [9.17, 15) is 9.18 Å². The minimum absolute atomic E-state index is 0.0327. The summed E-state index contributed by atoms with van der Waals surface area (Å²) in [7, 11) is 0. The van der Waals surface area contributed by atoms with Crippen LogP contribution in [0.4, 0.5) is 10.2 Å². The van der Waals surface area contributed by atoms with Gasteiger partial charge in [-0.15, -0.1) is 0 Å². The molecule has 6 heteroatoms. The molecular weight excluding hydrogens is 329 g/mol. The first-order valence-corrected chi connectivity index (χ1v) is 7.79. The number of hydrogen-bond donors (Lipinski definition) is 1. The van der Waals surface area contributed by atoms with Crippen molar-refractivity contribution in [2.75, 3.05) is 5.32 Å². The molecule has 0 spiro atoms. The third-order valence-corrected chi connectivity index (χ3v) is 3.75. The Morgan fingerprint density at radius 1 is 1.17 bits per heavy atom. The van der Waals surface area contributed by atoms with E-state index in [1.807, 2.05) is 18.2 Å². The fourth-order valence-corrected chi connectivity index (χ4v) is 2.59. The Hall–Kier alpha value is -2.66. The highest BCUT2D eigenvalue weighted by Crippen LogP contribution is 2.15. The van der Waals surface area contributed by atoms with E-state index < -0.39 is 0 Å². The predicted molar refractivity (Wildman–Crippen MR) is 91.5 cm³/mol. The second kappa shape index (κ2) is 7.27. The van der Waals surface area contributed by atoms with Crippen LogP contribution >= 0.6 is 11.6 Å². The van der Waals surface area contributed by atoms with Crippen LogP contribution in [0, 0.1) is 5.82 Å². The molecule has 0 fully saturated rings. The highest BCUT2D eigenvalue weighted by Gasteiger charge is 2.11. The third-order valence-electron chi connectivity index (χ3n) is 3.51. The van der Waals surface area contributed by atoms with E-state index >= 15 is 0 Å². The average molecular weight is 344 g/mol. The number of carbonyl (C=O) groups is 1. The fourth-order valence-electron chi connectivity index (χ4n) is 2.37. The maximum atomic E-state index is 13.6. The van der Waals surface area contributed by atoms with Crippen molar-refractivity contribution < 1.29 is 9.18 Å². The summed E-state index contributed by atoms with van der Waals surface area (Å²) in [6, 6.07) is 15.4. The first kappa shape index (κ1) is 16.2. The summed E-state index contributed by atoms with van der Waals surface area (Å²) in [6.45, 7) is 0.475. The van der Waals surface area contributed by atoms with E-state index in [0.717, 1.165) is 5.56 Å². The van der Waals surface area contributed by atoms with Gasteiger partial charge < -0.3 is 5.32 Å². The summed E-state index contributed by atoms with van der Waals surface area (Å²) in [4.78, 5) is 12.2. The van der Waals surface area contributed by atoms with Crippen molar-refractivity contribution in [2.45, 2.75) is 13.0 Å². The van der Waals surface area contributed by atoms with Crippen LogP contribution in [0.5, 0.6) is 0 Å². The number of anilines is 1. The highest BCUT2D eigenvalue weighted by molar-refractivity contribution is 6.30. The van der Waals surface area contributed by atoms with E-state index in [-0.39, 0.29) is 18.1 Å². The summed E-state index contributed by atoms with van der Waals surface area (Å²) < 4.78 is 15.3. The van der Waals surface area contributed by atoms with Gasteiger partial charge in [-0.3, -0.25) is 4.79 Å². The molecule has 0 atom stereocenters. The number of carbonyl (C=O) groups excluding carboxylic acids is 1. The fraction of sp³-hybridized carbons (Fsp3) is 0.111. The van der Waals surface area contributed by atoms with Crippen molar-refractivity contribution >= 4 is 23.3 Å². The van der Waals surface area contributed by atoms with Crippen LogP contribution in [0.3, 0.4) is 0 Å². The van der Waals surface area contributed by atoms with Crippen LogP contribution < -0.4 is 5.32 Å². The van der Waals surface area contributed by atoms with Crippen molar-refractivity contribution in [1.29, 1.82) is 0 Å². The molecule has 24 heavy (non-hydrogen) atoms. The summed E-state index contributed by atoms with van der Waals surface area (Å²) in [5, 5.41) is 7.61. The first-order valence-electron chi connectivity index (χ1n) is 7.41. The van der Waals surface area contributed by atoms with Crippen molar-refractivity contribution in [3.63, 3.8) is 0 Å². The van der Waals surface area contributed by atoms with Crippen molar-refractivity contribution in [3.05, 3.63) is 82.8 Å². The van der Waals surface area contributed by atoms with E-state index in [4.69, 9.17) is 11.6 Å². The molecular formula is C18H15ClFN3O. The van der Waals surface area contributed by atoms with E-state index in [0.29, 0.717) is 22.9 Å². The van der Waals surface area contributed by atoms with Gasteiger partial charge in [-0.25, -0.2) is 9.07 Å². The lowest BCUT2D eigenvalue weighted by Gasteiger charge is -2.10.